The molecule has 0 heterocycles. The molecule has 0 aliphatic rings. The molecular weight excluding hydrogens is 501 g/mol. The summed E-state index contributed by atoms with van der Waals surface area (Å²) in [6.45, 7) is 20.9. The van der Waals surface area contributed by atoms with Gasteiger partial charge in [-0.3, -0.25) is 0 Å². The van der Waals surface area contributed by atoms with Gasteiger partial charge in [-0.15, -0.1) is 0 Å². The Hall–Kier alpha value is -2.06. The van der Waals surface area contributed by atoms with Crippen molar-refractivity contribution in [2.45, 2.75) is 90.6 Å². The van der Waals surface area contributed by atoms with Gasteiger partial charge in [0.2, 0.25) is 0 Å². The maximum Gasteiger partial charge on any atom is 0.261 e. The summed E-state index contributed by atoms with van der Waals surface area (Å²) in [5, 5.41) is 2.70. The molecule has 2 atom stereocenters. The third-order valence-electron chi connectivity index (χ3n) is 7.83. The molecule has 0 fully saturated rings. The SMILES string of the molecule is C[C@H](CC=O)[C@H](/C=C\C=C\CCO[Si](c1ccccc1)(c1ccccc1)C(C)(C)C)O[Si](C)(C)C(C)(C)C. The van der Waals surface area contributed by atoms with Crippen molar-refractivity contribution in [3.63, 3.8) is 0 Å². The summed E-state index contributed by atoms with van der Waals surface area (Å²) in [6.07, 6.45) is 10.7. The summed E-state index contributed by atoms with van der Waals surface area (Å²) in [5.74, 6) is 0.143. The lowest BCUT2D eigenvalue weighted by atomic mass is 10.0. The molecule has 0 N–H and O–H groups in total. The Balaban J connectivity index is 2.17. The van der Waals surface area contributed by atoms with Crippen LogP contribution >= 0.6 is 0 Å². The summed E-state index contributed by atoms with van der Waals surface area (Å²) in [6, 6.07) is 21.5. The minimum atomic E-state index is -2.50. The van der Waals surface area contributed by atoms with Crippen LogP contribution in [0.4, 0.5) is 0 Å². The highest BCUT2D eigenvalue weighted by Crippen LogP contribution is 2.39. The van der Waals surface area contributed by atoms with Gasteiger partial charge in [0.1, 0.15) is 6.29 Å². The van der Waals surface area contributed by atoms with Crippen molar-refractivity contribution >= 4 is 33.3 Å². The first-order valence-corrected chi connectivity index (χ1v) is 18.8. The first-order valence-electron chi connectivity index (χ1n) is 14.0. The minimum absolute atomic E-state index is 0.0254. The van der Waals surface area contributed by atoms with Gasteiger partial charge in [-0.1, -0.05) is 133 Å². The lowest BCUT2D eigenvalue weighted by Gasteiger charge is -2.43. The van der Waals surface area contributed by atoms with Crippen molar-refractivity contribution in [2.24, 2.45) is 5.92 Å². The second-order valence-corrected chi connectivity index (χ2v) is 21.9. The van der Waals surface area contributed by atoms with Crippen LogP contribution in [0, 0.1) is 5.92 Å². The second kappa shape index (κ2) is 13.8. The van der Waals surface area contributed by atoms with Crippen molar-refractivity contribution in [1.29, 1.82) is 0 Å². The van der Waals surface area contributed by atoms with E-state index in [2.05, 4.69) is 147 Å². The molecule has 0 aromatic heterocycles. The van der Waals surface area contributed by atoms with Gasteiger partial charge in [0.25, 0.3) is 8.32 Å². The van der Waals surface area contributed by atoms with E-state index in [-0.39, 0.29) is 22.1 Å². The maximum atomic E-state index is 11.2. The first-order chi connectivity index (χ1) is 17.8. The molecule has 0 saturated carbocycles. The fourth-order valence-electron chi connectivity index (χ4n) is 4.54. The fraction of sp³-hybridized carbons (Fsp3) is 0.485. The predicted octanol–water partition coefficient (Wildman–Crippen LogP) is 7.68. The Morgan fingerprint density at radius 3 is 1.79 bits per heavy atom. The van der Waals surface area contributed by atoms with Crippen molar-refractivity contribution in [3.05, 3.63) is 85.0 Å². The number of rotatable bonds is 13. The number of benzene rings is 2. The standard InChI is InChI=1S/C33H50O3Si2/c1-28(25-26-34)31(36-37(8,9)32(2,3)4)24-18-10-11-19-27-35-38(33(5,6)7,29-20-14-12-15-21-29)30-22-16-13-17-23-30/h10-18,20-24,26,28,31H,19,25,27H2,1-9H3/b11-10+,24-18-/t28-,31+/m1/s1. The first kappa shape index (κ1) is 32.2. The van der Waals surface area contributed by atoms with Crippen molar-refractivity contribution < 1.29 is 13.6 Å². The number of allylic oxidation sites excluding steroid dienone is 2. The van der Waals surface area contributed by atoms with Crippen LogP contribution in [0.3, 0.4) is 0 Å². The van der Waals surface area contributed by atoms with E-state index < -0.39 is 16.6 Å². The van der Waals surface area contributed by atoms with Gasteiger partial charge in [0, 0.05) is 13.0 Å². The van der Waals surface area contributed by atoms with Crippen molar-refractivity contribution in [1.82, 2.24) is 0 Å². The molecule has 0 unspecified atom stereocenters. The zero-order valence-corrected chi connectivity index (χ0v) is 27.2. The van der Waals surface area contributed by atoms with Gasteiger partial charge in [-0.05, 0) is 45.9 Å². The monoisotopic (exact) mass is 550 g/mol. The topological polar surface area (TPSA) is 35.5 Å². The van der Waals surface area contributed by atoms with Crippen LogP contribution in [0.5, 0.6) is 0 Å². The molecule has 0 aliphatic carbocycles. The van der Waals surface area contributed by atoms with Crippen LogP contribution in [-0.4, -0.2) is 35.6 Å². The molecule has 0 radical (unpaired) electrons. The average Bonchev–Trinajstić information content (AvgIpc) is 2.84. The lowest BCUT2D eigenvalue weighted by Crippen LogP contribution is -2.66. The second-order valence-electron chi connectivity index (χ2n) is 12.8. The number of carbonyl (C=O) groups is 1. The highest BCUT2D eigenvalue weighted by atomic mass is 28.4. The molecule has 0 aliphatic heterocycles. The quantitative estimate of drug-likeness (QED) is 0.111. The van der Waals surface area contributed by atoms with Crippen molar-refractivity contribution in [2.75, 3.05) is 6.61 Å². The zero-order valence-electron chi connectivity index (χ0n) is 25.2. The number of hydrogen-bond acceptors (Lipinski definition) is 3. The summed E-state index contributed by atoms with van der Waals surface area (Å²) in [5.41, 5.74) is 0. The molecular formula is C33H50O3Si2. The number of aldehydes is 1. The molecule has 2 rings (SSSR count). The summed E-state index contributed by atoms with van der Waals surface area (Å²) >= 11 is 0. The van der Waals surface area contributed by atoms with E-state index in [1.165, 1.54) is 10.4 Å². The average molecular weight is 551 g/mol. The van der Waals surface area contributed by atoms with Crippen LogP contribution < -0.4 is 10.4 Å². The fourth-order valence-corrected chi connectivity index (χ4v) is 10.5. The van der Waals surface area contributed by atoms with E-state index in [1.807, 2.05) is 0 Å². The van der Waals surface area contributed by atoms with Gasteiger partial charge >= 0.3 is 0 Å². The van der Waals surface area contributed by atoms with Crippen LogP contribution in [0.2, 0.25) is 23.2 Å². The molecule has 0 bridgehead atoms. The predicted molar refractivity (Wildman–Crippen MR) is 168 cm³/mol. The molecule has 5 heteroatoms. The Bertz CT molecular complexity index is 992. The highest BCUT2D eigenvalue weighted by Gasteiger charge is 2.49. The molecule has 3 nitrogen and oxygen atoms in total. The largest absolute Gasteiger partial charge is 0.410 e. The van der Waals surface area contributed by atoms with E-state index in [9.17, 15) is 4.79 Å². The molecule has 2 aromatic rings. The van der Waals surface area contributed by atoms with Gasteiger partial charge in [0.15, 0.2) is 8.32 Å². The Labute approximate surface area is 234 Å². The third kappa shape index (κ3) is 8.22. The smallest absolute Gasteiger partial charge is 0.261 e. The van der Waals surface area contributed by atoms with E-state index in [1.54, 1.807) is 0 Å². The van der Waals surface area contributed by atoms with E-state index in [0.717, 1.165) is 12.7 Å². The van der Waals surface area contributed by atoms with Crippen LogP contribution in [0.25, 0.3) is 0 Å². The maximum absolute atomic E-state index is 11.2. The molecule has 0 spiro atoms. The van der Waals surface area contributed by atoms with Gasteiger partial charge in [-0.2, -0.15) is 0 Å². The Morgan fingerprint density at radius 2 is 1.34 bits per heavy atom. The van der Waals surface area contributed by atoms with Crippen LogP contribution in [0.1, 0.15) is 61.3 Å². The highest BCUT2D eigenvalue weighted by molar-refractivity contribution is 6.99. The third-order valence-corrected chi connectivity index (χ3v) is 17.3. The van der Waals surface area contributed by atoms with E-state index in [0.29, 0.717) is 13.0 Å². The van der Waals surface area contributed by atoms with Gasteiger partial charge in [0.05, 0.1) is 6.10 Å². The molecule has 2 aromatic carbocycles. The molecule has 0 amide bonds. The number of carbonyl (C=O) groups excluding carboxylic acids is 1. The van der Waals surface area contributed by atoms with Crippen LogP contribution in [0.15, 0.2) is 85.0 Å². The number of hydrogen-bond donors (Lipinski definition) is 0. The van der Waals surface area contributed by atoms with E-state index in [4.69, 9.17) is 8.85 Å². The minimum Gasteiger partial charge on any atom is -0.410 e. The summed E-state index contributed by atoms with van der Waals surface area (Å²) in [4.78, 5) is 11.2. The Morgan fingerprint density at radius 1 is 0.816 bits per heavy atom. The lowest BCUT2D eigenvalue weighted by molar-refractivity contribution is -0.109. The van der Waals surface area contributed by atoms with Gasteiger partial charge < -0.3 is 13.6 Å². The summed E-state index contributed by atoms with van der Waals surface area (Å²) in [7, 11) is -4.46. The molecule has 38 heavy (non-hydrogen) atoms. The van der Waals surface area contributed by atoms with Crippen LogP contribution in [-0.2, 0) is 13.6 Å². The normalized spacial score (nSPS) is 15.2. The van der Waals surface area contributed by atoms with Crippen molar-refractivity contribution in [3.8, 4) is 0 Å². The molecule has 208 valence electrons. The van der Waals surface area contributed by atoms with E-state index >= 15 is 0 Å². The Kier molecular flexibility index (Phi) is 11.7. The molecule has 0 saturated heterocycles. The van der Waals surface area contributed by atoms with Gasteiger partial charge in [-0.25, -0.2) is 0 Å². The summed E-state index contributed by atoms with van der Waals surface area (Å²) < 4.78 is 13.6. The zero-order chi connectivity index (χ0) is 28.5.